The number of likely N-dealkylation sites (tertiary alicyclic amines) is 1. The molecule has 2 fully saturated rings. The van der Waals surface area contributed by atoms with Gasteiger partial charge in [0.25, 0.3) is 0 Å². The summed E-state index contributed by atoms with van der Waals surface area (Å²) in [5.74, 6) is 1.32. The molecule has 0 amide bonds. The molecule has 3 rings (SSSR count). The van der Waals surface area contributed by atoms with Crippen LogP contribution in [0.5, 0.6) is 0 Å². The minimum atomic E-state index is -0.121. The van der Waals surface area contributed by atoms with Gasteiger partial charge in [-0.2, -0.15) is 0 Å². The maximum atomic E-state index is 10.2. The van der Waals surface area contributed by atoms with E-state index < -0.39 is 0 Å². The van der Waals surface area contributed by atoms with Crippen LogP contribution in [0, 0.1) is 0 Å². The van der Waals surface area contributed by atoms with E-state index in [0.29, 0.717) is 12.0 Å². The first-order valence-corrected chi connectivity index (χ1v) is 8.57. The Balaban J connectivity index is 1.60. The second-order valence-corrected chi connectivity index (χ2v) is 6.91. The van der Waals surface area contributed by atoms with E-state index in [1.54, 1.807) is 0 Å². The zero-order chi connectivity index (χ0) is 15.5. The second-order valence-electron chi connectivity index (χ2n) is 6.91. The molecule has 5 heteroatoms. The lowest BCUT2D eigenvalue weighted by atomic mass is 9.87. The Morgan fingerprint density at radius 3 is 2.55 bits per heavy atom. The topological polar surface area (TPSA) is 52.5 Å². The number of hydrogen-bond donors (Lipinski definition) is 1. The monoisotopic (exact) mass is 304 g/mol. The molecule has 1 aromatic rings. The number of anilines is 1. The Hall–Kier alpha value is -1.20. The first kappa shape index (κ1) is 15.7. The zero-order valence-corrected chi connectivity index (χ0v) is 13.8. The number of rotatable bonds is 3. The summed E-state index contributed by atoms with van der Waals surface area (Å²) in [4.78, 5) is 13.5. The van der Waals surface area contributed by atoms with E-state index in [-0.39, 0.29) is 6.10 Å². The molecule has 5 nitrogen and oxygen atoms in total. The van der Waals surface area contributed by atoms with E-state index in [1.165, 1.54) is 18.5 Å². The van der Waals surface area contributed by atoms with Crippen molar-refractivity contribution in [2.45, 2.75) is 56.6 Å². The lowest BCUT2D eigenvalue weighted by Crippen LogP contribution is -2.48. The summed E-state index contributed by atoms with van der Waals surface area (Å²) in [6.45, 7) is 2.15. The molecular weight excluding hydrogens is 276 g/mol. The van der Waals surface area contributed by atoms with Crippen LogP contribution in [-0.2, 0) is 0 Å². The molecule has 1 saturated heterocycles. The summed E-state index contributed by atoms with van der Waals surface area (Å²) in [5, 5.41) is 10.2. The minimum Gasteiger partial charge on any atom is -0.391 e. The maximum Gasteiger partial charge on any atom is 0.224 e. The van der Waals surface area contributed by atoms with E-state index in [4.69, 9.17) is 4.98 Å². The van der Waals surface area contributed by atoms with Crippen LogP contribution in [0.1, 0.15) is 50.1 Å². The van der Waals surface area contributed by atoms with Crippen LogP contribution < -0.4 is 4.90 Å². The van der Waals surface area contributed by atoms with Crippen LogP contribution in [0.25, 0.3) is 0 Å². The largest absolute Gasteiger partial charge is 0.391 e. The lowest BCUT2D eigenvalue weighted by Gasteiger charge is -2.41. The molecule has 122 valence electrons. The van der Waals surface area contributed by atoms with Gasteiger partial charge in [-0.05, 0) is 44.8 Å². The SMILES string of the molecule is CN(C)c1nccc(C2CCN([C@H]3CCCC[C@H]3O)CC2)n1. The van der Waals surface area contributed by atoms with Crippen LogP contribution in [0.2, 0.25) is 0 Å². The van der Waals surface area contributed by atoms with Crippen molar-refractivity contribution in [2.75, 3.05) is 32.1 Å². The normalized spacial score (nSPS) is 27.8. The zero-order valence-electron chi connectivity index (χ0n) is 13.8. The quantitative estimate of drug-likeness (QED) is 0.926. The minimum absolute atomic E-state index is 0.121. The highest BCUT2D eigenvalue weighted by Crippen LogP contribution is 2.31. The number of nitrogens with zero attached hydrogens (tertiary/aromatic N) is 4. The van der Waals surface area contributed by atoms with Gasteiger partial charge in [0.2, 0.25) is 5.95 Å². The predicted octanol–water partition coefficient (Wildman–Crippen LogP) is 2.03. The van der Waals surface area contributed by atoms with Crippen LogP contribution in [0.15, 0.2) is 12.3 Å². The molecule has 0 radical (unpaired) electrons. The lowest BCUT2D eigenvalue weighted by molar-refractivity contribution is 0.00853. The van der Waals surface area contributed by atoms with Crippen molar-refractivity contribution in [1.82, 2.24) is 14.9 Å². The first-order valence-electron chi connectivity index (χ1n) is 8.57. The number of hydrogen-bond acceptors (Lipinski definition) is 5. The van der Waals surface area contributed by atoms with Gasteiger partial charge < -0.3 is 10.0 Å². The Bertz CT molecular complexity index is 485. The smallest absolute Gasteiger partial charge is 0.224 e. The molecule has 0 unspecified atom stereocenters. The molecule has 2 heterocycles. The van der Waals surface area contributed by atoms with Crippen LogP contribution in [0.4, 0.5) is 5.95 Å². The number of aliphatic hydroxyl groups excluding tert-OH is 1. The van der Waals surface area contributed by atoms with Gasteiger partial charge >= 0.3 is 0 Å². The summed E-state index contributed by atoms with van der Waals surface area (Å²) in [6, 6.07) is 2.44. The molecule has 1 aliphatic carbocycles. The van der Waals surface area contributed by atoms with E-state index in [0.717, 1.165) is 44.7 Å². The average Bonchev–Trinajstić information content (AvgIpc) is 2.56. The van der Waals surface area contributed by atoms with Crippen molar-refractivity contribution in [3.63, 3.8) is 0 Å². The second kappa shape index (κ2) is 6.92. The van der Waals surface area contributed by atoms with Gasteiger partial charge in [-0.15, -0.1) is 0 Å². The van der Waals surface area contributed by atoms with E-state index in [2.05, 4.69) is 16.0 Å². The molecule has 1 aliphatic heterocycles. The third-order valence-electron chi connectivity index (χ3n) is 5.18. The van der Waals surface area contributed by atoms with Crippen LogP contribution in [0.3, 0.4) is 0 Å². The first-order chi connectivity index (χ1) is 10.6. The van der Waals surface area contributed by atoms with Crippen molar-refractivity contribution in [1.29, 1.82) is 0 Å². The summed E-state index contributed by atoms with van der Waals surface area (Å²) in [6.07, 6.45) is 8.59. The van der Waals surface area contributed by atoms with Gasteiger partial charge in [-0.3, -0.25) is 4.90 Å². The summed E-state index contributed by atoms with van der Waals surface area (Å²) in [5.41, 5.74) is 1.17. The van der Waals surface area contributed by atoms with Crippen molar-refractivity contribution < 1.29 is 5.11 Å². The predicted molar refractivity (Wildman–Crippen MR) is 88.2 cm³/mol. The van der Waals surface area contributed by atoms with Gasteiger partial charge in [0.1, 0.15) is 0 Å². The molecule has 0 aromatic carbocycles. The maximum absolute atomic E-state index is 10.2. The molecule has 1 aromatic heterocycles. The highest BCUT2D eigenvalue weighted by atomic mass is 16.3. The van der Waals surface area contributed by atoms with Gasteiger partial charge in [-0.25, -0.2) is 9.97 Å². The Morgan fingerprint density at radius 2 is 1.86 bits per heavy atom. The number of piperidine rings is 1. The summed E-state index contributed by atoms with van der Waals surface area (Å²) >= 11 is 0. The molecule has 1 saturated carbocycles. The number of aliphatic hydroxyl groups is 1. The fourth-order valence-electron chi connectivity index (χ4n) is 3.85. The molecule has 2 aliphatic rings. The Labute approximate surface area is 133 Å². The van der Waals surface area contributed by atoms with Gasteiger partial charge in [-0.1, -0.05) is 12.8 Å². The summed E-state index contributed by atoms with van der Waals surface area (Å²) in [7, 11) is 3.96. The third kappa shape index (κ3) is 3.41. The highest BCUT2D eigenvalue weighted by molar-refractivity contribution is 5.28. The third-order valence-corrected chi connectivity index (χ3v) is 5.18. The van der Waals surface area contributed by atoms with E-state index in [1.807, 2.05) is 25.2 Å². The van der Waals surface area contributed by atoms with Crippen LogP contribution >= 0.6 is 0 Å². The van der Waals surface area contributed by atoms with Crippen molar-refractivity contribution in [3.05, 3.63) is 18.0 Å². The standard InChI is InChI=1S/C17H28N4O/c1-20(2)17-18-10-7-14(19-17)13-8-11-21(12-9-13)15-5-3-4-6-16(15)22/h7,10,13,15-16,22H,3-6,8-9,11-12H2,1-2H3/t15-,16+/m0/s1. The highest BCUT2D eigenvalue weighted by Gasteiger charge is 2.32. The molecule has 0 bridgehead atoms. The average molecular weight is 304 g/mol. The number of aromatic nitrogens is 2. The van der Waals surface area contributed by atoms with Crippen molar-refractivity contribution >= 4 is 5.95 Å². The molecule has 1 N–H and O–H groups in total. The molecule has 22 heavy (non-hydrogen) atoms. The van der Waals surface area contributed by atoms with Crippen LogP contribution in [-0.4, -0.2) is 59.3 Å². The summed E-state index contributed by atoms with van der Waals surface area (Å²) < 4.78 is 0. The van der Waals surface area contributed by atoms with Gasteiger partial charge in [0, 0.05) is 37.9 Å². The fourth-order valence-corrected chi connectivity index (χ4v) is 3.85. The fraction of sp³-hybridized carbons (Fsp3) is 0.765. The Kier molecular flexibility index (Phi) is 4.93. The van der Waals surface area contributed by atoms with E-state index in [9.17, 15) is 5.11 Å². The van der Waals surface area contributed by atoms with Gasteiger partial charge in [0.05, 0.1) is 6.10 Å². The van der Waals surface area contributed by atoms with E-state index >= 15 is 0 Å². The Morgan fingerprint density at radius 1 is 1.14 bits per heavy atom. The molecule has 0 spiro atoms. The van der Waals surface area contributed by atoms with Gasteiger partial charge in [0.15, 0.2) is 0 Å². The van der Waals surface area contributed by atoms with Crippen molar-refractivity contribution in [2.24, 2.45) is 0 Å². The molecule has 2 atom stereocenters. The molecular formula is C17H28N4O. The van der Waals surface area contributed by atoms with Crippen molar-refractivity contribution in [3.8, 4) is 0 Å².